The van der Waals surface area contributed by atoms with Gasteiger partial charge in [-0.25, -0.2) is 14.2 Å². The Labute approximate surface area is 148 Å². The van der Waals surface area contributed by atoms with Gasteiger partial charge in [-0.3, -0.25) is 20.5 Å². The molecule has 6 nitrogen and oxygen atoms in total. The molecule has 4 N–H and O–H groups in total. The first-order chi connectivity index (χ1) is 12.1. The molecule has 1 aliphatic heterocycles. The van der Waals surface area contributed by atoms with Gasteiger partial charge in [-0.15, -0.1) is 0 Å². The molecule has 0 aromatic rings. The Kier molecular flexibility index (Phi) is 7.16. The van der Waals surface area contributed by atoms with E-state index in [9.17, 15) is 26.7 Å². The van der Waals surface area contributed by atoms with Crippen molar-refractivity contribution in [3.05, 3.63) is 0 Å². The Hall–Kier alpha value is -1.49. The van der Waals surface area contributed by atoms with Gasteiger partial charge in [0.1, 0.15) is 12.3 Å². The molecule has 1 heterocycles. The monoisotopic (exact) mass is 385 g/mol. The number of carbonyl (C=O) groups excluding carboxylic acids is 1. The Balaban J connectivity index is 1.95. The fourth-order valence-corrected chi connectivity index (χ4v) is 2.93. The van der Waals surface area contributed by atoms with E-state index in [0.29, 0.717) is 6.42 Å². The van der Waals surface area contributed by atoms with E-state index in [0.717, 1.165) is 0 Å². The van der Waals surface area contributed by atoms with Gasteiger partial charge in [-0.1, -0.05) is 0 Å². The highest BCUT2D eigenvalue weighted by Gasteiger charge is 2.34. The Morgan fingerprint density at radius 3 is 2.46 bits per heavy atom. The third-order valence-corrected chi connectivity index (χ3v) is 4.37. The number of hydrogen-bond donors (Lipinski definition) is 4. The lowest BCUT2D eigenvalue weighted by Crippen LogP contribution is -2.52. The molecule has 150 valence electrons. The highest BCUT2D eigenvalue weighted by Crippen LogP contribution is 2.29. The number of rotatable bonds is 4. The average Bonchev–Trinajstić information content (AvgIpc) is 2.93. The zero-order chi connectivity index (χ0) is 19.3. The van der Waals surface area contributed by atoms with Crippen LogP contribution in [-0.4, -0.2) is 49.1 Å². The van der Waals surface area contributed by atoms with E-state index in [1.165, 1.54) is 0 Å². The van der Waals surface area contributed by atoms with Crippen LogP contribution < -0.4 is 21.5 Å². The van der Waals surface area contributed by atoms with Crippen molar-refractivity contribution in [2.75, 3.05) is 6.54 Å². The minimum atomic E-state index is -4.36. The van der Waals surface area contributed by atoms with Crippen molar-refractivity contribution in [3.63, 3.8) is 0 Å². The molecule has 1 saturated carbocycles. The van der Waals surface area contributed by atoms with Crippen LogP contribution in [0.15, 0.2) is 4.99 Å². The van der Waals surface area contributed by atoms with Gasteiger partial charge in [0.2, 0.25) is 5.91 Å². The highest BCUT2D eigenvalue weighted by atomic mass is 19.4. The molecule has 2 rings (SSSR count). The second-order valence-corrected chi connectivity index (χ2v) is 6.75. The summed E-state index contributed by atoms with van der Waals surface area (Å²) in [6.07, 6.45) is -8.60. The molecule has 0 aromatic heterocycles. The molecule has 1 aliphatic carbocycles. The van der Waals surface area contributed by atoms with Crippen LogP contribution in [0.1, 0.15) is 39.0 Å². The van der Waals surface area contributed by atoms with Crippen LogP contribution >= 0.6 is 0 Å². The molecule has 0 aromatic carbocycles. The van der Waals surface area contributed by atoms with Gasteiger partial charge >= 0.3 is 6.18 Å². The summed E-state index contributed by atoms with van der Waals surface area (Å²) in [5.41, 5.74) is 5.82. The maximum Gasteiger partial charge on any atom is 0.390 e. The zero-order valence-corrected chi connectivity index (χ0v) is 14.4. The third kappa shape index (κ3) is 6.67. The van der Waals surface area contributed by atoms with Gasteiger partial charge in [-0.05, 0) is 32.6 Å². The molecule has 0 radical (unpaired) electrons. The fourth-order valence-electron chi connectivity index (χ4n) is 2.93. The lowest BCUT2D eigenvalue weighted by Gasteiger charge is -2.27. The lowest BCUT2D eigenvalue weighted by atomic mass is 9.86. The van der Waals surface area contributed by atoms with Gasteiger partial charge in [0.05, 0.1) is 19.1 Å². The number of hydrogen-bond acceptors (Lipinski definition) is 4. The molecule has 1 amide bonds. The van der Waals surface area contributed by atoms with Gasteiger partial charge in [0.25, 0.3) is 0 Å². The second kappa shape index (κ2) is 8.94. The maximum atomic E-state index is 13.5. The van der Waals surface area contributed by atoms with E-state index in [1.54, 1.807) is 0 Å². The molecule has 11 heteroatoms. The van der Waals surface area contributed by atoms with E-state index >= 15 is 0 Å². The number of amides is 1. The molecule has 5 atom stereocenters. The molecule has 2 aliphatic rings. The molecule has 1 saturated heterocycles. The summed E-state index contributed by atoms with van der Waals surface area (Å²) in [7, 11) is 0. The summed E-state index contributed by atoms with van der Waals surface area (Å²) in [4.78, 5) is 16.1. The summed E-state index contributed by atoms with van der Waals surface area (Å²) in [6, 6.07) is 0.131. The molecular formula is C15H24F5N5O. The first-order valence-electron chi connectivity index (χ1n) is 8.62. The SMILES string of the molecule is CC1CC(NC(=NCCC(F)(F)F)NC(=O)C2CCC(F)C(F)C2)NN1. The van der Waals surface area contributed by atoms with Gasteiger partial charge in [0.15, 0.2) is 5.96 Å². The van der Waals surface area contributed by atoms with E-state index in [1.807, 2.05) is 6.92 Å². The minimum absolute atomic E-state index is 0.0567. The first-order valence-corrected chi connectivity index (χ1v) is 8.62. The van der Waals surface area contributed by atoms with Crippen molar-refractivity contribution in [2.24, 2.45) is 10.9 Å². The number of hydrazine groups is 1. The molecule has 5 unspecified atom stereocenters. The number of guanidine groups is 1. The minimum Gasteiger partial charge on any atom is -0.339 e. The third-order valence-electron chi connectivity index (χ3n) is 4.37. The van der Waals surface area contributed by atoms with Crippen LogP contribution in [0.2, 0.25) is 0 Å². The van der Waals surface area contributed by atoms with Gasteiger partial charge in [0, 0.05) is 12.0 Å². The van der Waals surface area contributed by atoms with Crippen LogP contribution in [0.25, 0.3) is 0 Å². The van der Waals surface area contributed by atoms with Gasteiger partial charge in [-0.2, -0.15) is 13.2 Å². The van der Waals surface area contributed by atoms with Crippen molar-refractivity contribution in [1.82, 2.24) is 21.5 Å². The van der Waals surface area contributed by atoms with Crippen molar-refractivity contribution >= 4 is 11.9 Å². The molecule has 0 bridgehead atoms. The summed E-state index contributed by atoms with van der Waals surface area (Å²) in [6.45, 7) is 1.36. The predicted molar refractivity (Wildman–Crippen MR) is 85.5 cm³/mol. The summed E-state index contributed by atoms with van der Waals surface area (Å²) in [5.74, 6) is -1.41. The molecular weight excluding hydrogens is 361 g/mol. The van der Waals surface area contributed by atoms with E-state index < -0.39 is 43.3 Å². The second-order valence-electron chi connectivity index (χ2n) is 6.75. The zero-order valence-electron chi connectivity index (χ0n) is 14.4. The van der Waals surface area contributed by atoms with E-state index in [-0.39, 0.29) is 37.4 Å². The summed E-state index contributed by atoms with van der Waals surface area (Å²) in [5, 5.41) is 5.26. The van der Waals surface area contributed by atoms with Crippen LogP contribution in [0.5, 0.6) is 0 Å². The Morgan fingerprint density at radius 2 is 1.88 bits per heavy atom. The largest absolute Gasteiger partial charge is 0.390 e. The van der Waals surface area contributed by atoms with E-state index in [2.05, 4.69) is 26.5 Å². The quantitative estimate of drug-likeness (QED) is 0.338. The van der Waals surface area contributed by atoms with Crippen molar-refractivity contribution in [1.29, 1.82) is 0 Å². The van der Waals surface area contributed by atoms with Crippen LogP contribution in [0, 0.1) is 5.92 Å². The number of alkyl halides is 5. The standard InChI is InChI=1S/C15H24F5N5O/c1-8-6-12(25-24-8)22-14(21-5-4-15(18,19)20)23-13(26)9-2-3-10(16)11(17)7-9/h8-12,24-25H,2-7H2,1H3,(H2,21,22,23,26). The summed E-state index contributed by atoms with van der Waals surface area (Å²) < 4.78 is 63.6. The van der Waals surface area contributed by atoms with E-state index in [4.69, 9.17) is 0 Å². The smallest absolute Gasteiger partial charge is 0.339 e. The first kappa shape index (κ1) is 20.8. The van der Waals surface area contributed by atoms with Crippen molar-refractivity contribution in [3.8, 4) is 0 Å². The lowest BCUT2D eigenvalue weighted by molar-refractivity contribution is -0.132. The average molecular weight is 385 g/mol. The highest BCUT2D eigenvalue weighted by molar-refractivity contribution is 5.98. The number of nitrogens with one attached hydrogen (secondary N) is 4. The van der Waals surface area contributed by atoms with Crippen molar-refractivity contribution < 1.29 is 26.7 Å². The maximum absolute atomic E-state index is 13.5. The van der Waals surface area contributed by atoms with Crippen LogP contribution in [-0.2, 0) is 4.79 Å². The number of nitrogens with zero attached hydrogens (tertiary/aromatic N) is 1. The number of aliphatic imine (C=N–C) groups is 1. The fraction of sp³-hybridized carbons (Fsp3) is 0.867. The Bertz CT molecular complexity index is 515. The number of halogens is 5. The molecule has 26 heavy (non-hydrogen) atoms. The van der Waals surface area contributed by atoms with Crippen molar-refractivity contribution in [2.45, 2.75) is 69.8 Å². The predicted octanol–water partition coefficient (Wildman–Crippen LogP) is 1.69. The Morgan fingerprint density at radius 1 is 1.15 bits per heavy atom. The molecule has 0 spiro atoms. The van der Waals surface area contributed by atoms with Gasteiger partial charge < -0.3 is 5.32 Å². The topological polar surface area (TPSA) is 77.5 Å². The normalized spacial score (nSPS) is 33.2. The van der Waals surface area contributed by atoms with Crippen LogP contribution in [0.3, 0.4) is 0 Å². The summed E-state index contributed by atoms with van der Waals surface area (Å²) >= 11 is 0. The molecule has 2 fully saturated rings. The van der Waals surface area contributed by atoms with Crippen LogP contribution in [0.4, 0.5) is 22.0 Å². The number of carbonyl (C=O) groups is 1.